The molecule has 2 nitrogen and oxygen atoms in total. The van der Waals surface area contributed by atoms with Gasteiger partial charge in [0.1, 0.15) is 18.3 Å². The number of pyridine rings is 1. The molecule has 2 aliphatic rings. The number of aryl methyl sites for hydroxylation is 1. The van der Waals surface area contributed by atoms with Crippen molar-refractivity contribution >= 4 is 27.3 Å². The van der Waals surface area contributed by atoms with Gasteiger partial charge in [0.2, 0.25) is 0 Å². The number of benzene rings is 3. The Kier molecular flexibility index (Phi) is 3.64. The number of fused-ring (bicyclic) bond motifs is 3. The van der Waals surface area contributed by atoms with E-state index >= 15 is 0 Å². The van der Waals surface area contributed by atoms with Crippen LogP contribution in [-0.2, 0) is 6.54 Å². The monoisotopic (exact) mass is 403 g/mol. The molecule has 3 aromatic carbocycles. The topological polar surface area (TPSA) is 8.29 Å². The predicted octanol–water partition coefficient (Wildman–Crippen LogP) is 6.92. The summed E-state index contributed by atoms with van der Waals surface area (Å²) in [6.45, 7) is 3.27. The minimum atomic E-state index is 0.688. The van der Waals surface area contributed by atoms with Crippen LogP contribution in [0.2, 0.25) is 0 Å². The number of hydrogen-bond acceptors (Lipinski definition) is 0. The van der Waals surface area contributed by atoms with Gasteiger partial charge in [-0.15, -0.1) is 0 Å². The van der Waals surface area contributed by atoms with E-state index < -0.39 is 0 Å². The zero-order chi connectivity index (χ0) is 20.5. The molecule has 152 valence electrons. The molecule has 31 heavy (non-hydrogen) atoms. The molecule has 0 spiro atoms. The Hall–Kier alpha value is -3.13. The van der Waals surface area contributed by atoms with E-state index in [0.717, 1.165) is 6.54 Å². The number of rotatable bonds is 2. The van der Waals surface area contributed by atoms with E-state index in [9.17, 15) is 0 Å². The summed E-state index contributed by atoms with van der Waals surface area (Å²) in [5.74, 6) is 0.688. The summed E-state index contributed by atoms with van der Waals surface area (Å²) in [6.07, 6.45) is 9.20. The Bertz CT molecular complexity index is 1500. The minimum absolute atomic E-state index is 0.688. The van der Waals surface area contributed by atoms with Gasteiger partial charge in [-0.25, -0.2) is 4.57 Å². The van der Waals surface area contributed by atoms with E-state index in [-0.39, 0.29) is 0 Å². The van der Waals surface area contributed by atoms with Crippen LogP contribution in [-0.4, -0.2) is 4.40 Å². The van der Waals surface area contributed by atoms with Crippen LogP contribution in [0.15, 0.2) is 66.9 Å². The molecule has 1 aliphatic carbocycles. The molecule has 1 fully saturated rings. The Labute approximate surface area is 182 Å². The average Bonchev–Trinajstić information content (AvgIpc) is 3.36. The van der Waals surface area contributed by atoms with Crippen molar-refractivity contribution in [1.82, 2.24) is 4.40 Å². The molecule has 3 heterocycles. The van der Waals surface area contributed by atoms with Crippen LogP contribution in [0, 0.1) is 6.92 Å². The maximum absolute atomic E-state index is 2.56. The molecule has 2 aromatic heterocycles. The number of nitrogens with zero attached hydrogens (tertiary/aromatic N) is 2. The third kappa shape index (κ3) is 2.36. The second-order valence-corrected chi connectivity index (χ2v) is 9.53. The summed E-state index contributed by atoms with van der Waals surface area (Å²) < 4.78 is 5.04. The fraction of sp³-hybridized carbons (Fsp3) is 0.276. The first-order valence-corrected chi connectivity index (χ1v) is 11.8. The summed E-state index contributed by atoms with van der Waals surface area (Å²) in [6, 6.07) is 22.7. The summed E-state index contributed by atoms with van der Waals surface area (Å²) >= 11 is 0. The number of aromatic nitrogens is 2. The maximum Gasteiger partial charge on any atom is 0.295 e. The molecule has 2 heteroatoms. The first-order valence-electron chi connectivity index (χ1n) is 11.8. The van der Waals surface area contributed by atoms with E-state index in [1.54, 1.807) is 5.56 Å². The second kappa shape index (κ2) is 6.43. The molecule has 0 saturated heterocycles. The first kappa shape index (κ1) is 17.5. The lowest BCUT2D eigenvalue weighted by atomic mass is 9.80. The molecule has 1 saturated carbocycles. The normalized spacial score (nSPS) is 16.3. The third-order valence-electron chi connectivity index (χ3n) is 7.76. The van der Waals surface area contributed by atoms with Gasteiger partial charge in [-0.05, 0) is 42.9 Å². The fourth-order valence-corrected chi connectivity index (χ4v) is 6.40. The molecule has 1 aliphatic heterocycles. The van der Waals surface area contributed by atoms with Crippen molar-refractivity contribution in [2.75, 3.05) is 0 Å². The van der Waals surface area contributed by atoms with Crippen molar-refractivity contribution in [3.05, 3.63) is 83.6 Å². The molecule has 0 amide bonds. The van der Waals surface area contributed by atoms with Gasteiger partial charge in [0, 0.05) is 21.9 Å². The van der Waals surface area contributed by atoms with Crippen molar-refractivity contribution in [1.29, 1.82) is 0 Å². The molecular formula is C29H27N2+. The maximum atomic E-state index is 2.56. The van der Waals surface area contributed by atoms with Gasteiger partial charge < -0.3 is 0 Å². The Morgan fingerprint density at radius 1 is 0.839 bits per heavy atom. The summed E-state index contributed by atoms with van der Waals surface area (Å²) in [4.78, 5) is 0. The van der Waals surface area contributed by atoms with E-state index in [1.165, 1.54) is 81.8 Å². The molecule has 0 radical (unpaired) electrons. The molecule has 0 unspecified atom stereocenters. The van der Waals surface area contributed by atoms with E-state index in [4.69, 9.17) is 0 Å². The Morgan fingerprint density at radius 2 is 1.65 bits per heavy atom. The summed E-state index contributed by atoms with van der Waals surface area (Å²) in [7, 11) is 0. The van der Waals surface area contributed by atoms with Gasteiger partial charge in [-0.2, -0.15) is 4.40 Å². The highest BCUT2D eigenvalue weighted by Crippen LogP contribution is 2.42. The van der Waals surface area contributed by atoms with Crippen LogP contribution in [0.1, 0.15) is 54.7 Å². The smallest absolute Gasteiger partial charge is 0.225 e. The molecule has 0 N–H and O–H groups in total. The molecule has 0 atom stereocenters. The van der Waals surface area contributed by atoms with Crippen molar-refractivity contribution in [3.8, 4) is 11.3 Å². The van der Waals surface area contributed by atoms with Crippen LogP contribution < -0.4 is 4.57 Å². The van der Waals surface area contributed by atoms with Gasteiger partial charge in [0.25, 0.3) is 5.65 Å². The third-order valence-corrected chi connectivity index (χ3v) is 7.76. The largest absolute Gasteiger partial charge is 0.295 e. The van der Waals surface area contributed by atoms with Gasteiger partial charge in [0.15, 0.2) is 5.69 Å². The summed E-state index contributed by atoms with van der Waals surface area (Å²) in [5.41, 5.74) is 9.90. The molecule has 5 aromatic rings. The standard InChI is InChI=1S/C29H27N2/c1-19-9-7-14-22(20-10-3-2-4-11-20)27(19)26-18-30-17-21-12-8-15-24-23-13-5-6-16-25(23)31(26)29(30)28(21)24/h5-9,12-16,18,20H,2-4,10-11,17H2,1H3/q+1. The lowest BCUT2D eigenvalue weighted by Crippen LogP contribution is -2.28. The van der Waals surface area contributed by atoms with Crippen LogP contribution in [0.3, 0.4) is 0 Å². The van der Waals surface area contributed by atoms with Crippen LogP contribution in [0.4, 0.5) is 0 Å². The number of imidazole rings is 1. The minimum Gasteiger partial charge on any atom is -0.225 e. The van der Waals surface area contributed by atoms with Gasteiger partial charge in [0.05, 0.1) is 5.39 Å². The first-order chi connectivity index (χ1) is 15.3. The van der Waals surface area contributed by atoms with E-state index in [2.05, 4.69) is 82.8 Å². The van der Waals surface area contributed by atoms with Gasteiger partial charge in [-0.1, -0.05) is 73.9 Å². The SMILES string of the molecule is Cc1cccc(C2CCCCC2)c1-c1c[n+]2c3c4c(cccc4c4ccccc4n13)C2. The van der Waals surface area contributed by atoms with Crippen LogP contribution >= 0.6 is 0 Å². The zero-order valence-corrected chi connectivity index (χ0v) is 18.1. The predicted molar refractivity (Wildman–Crippen MR) is 128 cm³/mol. The molecule has 7 rings (SSSR count). The highest BCUT2D eigenvalue weighted by Gasteiger charge is 2.32. The van der Waals surface area contributed by atoms with E-state index in [1.807, 2.05) is 0 Å². The van der Waals surface area contributed by atoms with Crippen molar-refractivity contribution in [2.45, 2.75) is 51.5 Å². The fourth-order valence-electron chi connectivity index (χ4n) is 6.40. The second-order valence-electron chi connectivity index (χ2n) is 9.53. The van der Waals surface area contributed by atoms with Crippen molar-refractivity contribution in [3.63, 3.8) is 0 Å². The number of hydrogen-bond donors (Lipinski definition) is 0. The van der Waals surface area contributed by atoms with Gasteiger partial charge in [-0.3, -0.25) is 0 Å². The van der Waals surface area contributed by atoms with Gasteiger partial charge >= 0.3 is 0 Å². The van der Waals surface area contributed by atoms with Crippen LogP contribution in [0.5, 0.6) is 0 Å². The molecule has 0 bridgehead atoms. The Balaban J connectivity index is 1.63. The molecular weight excluding hydrogens is 376 g/mol. The van der Waals surface area contributed by atoms with Crippen molar-refractivity contribution in [2.24, 2.45) is 0 Å². The van der Waals surface area contributed by atoms with Crippen LogP contribution in [0.25, 0.3) is 38.6 Å². The van der Waals surface area contributed by atoms with Crippen molar-refractivity contribution < 1.29 is 4.57 Å². The quantitative estimate of drug-likeness (QED) is 0.219. The highest BCUT2D eigenvalue weighted by molar-refractivity contribution is 6.13. The Morgan fingerprint density at radius 3 is 2.55 bits per heavy atom. The lowest BCUT2D eigenvalue weighted by Gasteiger charge is -2.24. The number of para-hydroxylation sites is 1. The summed E-state index contributed by atoms with van der Waals surface area (Å²) in [5, 5.41) is 4.17. The lowest BCUT2D eigenvalue weighted by molar-refractivity contribution is -0.657. The average molecular weight is 404 g/mol. The zero-order valence-electron chi connectivity index (χ0n) is 18.1. The highest BCUT2D eigenvalue weighted by atomic mass is 15.1. The van der Waals surface area contributed by atoms with E-state index in [0.29, 0.717) is 5.92 Å².